The summed E-state index contributed by atoms with van der Waals surface area (Å²) in [6.45, 7) is 0. The fraction of sp³-hybridized carbons (Fsp3) is 0. The molecule has 0 saturated heterocycles. The Morgan fingerprint density at radius 2 is 1.29 bits per heavy atom. The molecule has 2 N–H and O–H groups in total. The molecule has 0 saturated carbocycles. The normalized spacial score (nSPS) is 8.29. The van der Waals surface area contributed by atoms with Crippen LogP contribution in [0.25, 0.3) is 0 Å². The van der Waals surface area contributed by atoms with Gasteiger partial charge in [-0.25, -0.2) is 0 Å². The van der Waals surface area contributed by atoms with Crippen LogP contribution in [0.1, 0.15) is 2.85 Å². The second-order valence-corrected chi connectivity index (χ2v) is 1.34. The summed E-state index contributed by atoms with van der Waals surface area (Å²) in [7, 11) is -4.67. The van der Waals surface area contributed by atoms with Crippen molar-refractivity contribution in [1.82, 2.24) is 0 Å². The summed E-state index contributed by atoms with van der Waals surface area (Å²) in [6, 6.07) is 0. The van der Waals surface area contributed by atoms with Gasteiger partial charge in [-0.05, 0) is 0 Å². The maximum atomic E-state index is 8.74. The molecule has 36 valence electrons. The zero-order valence-corrected chi connectivity index (χ0v) is 10.1. The van der Waals surface area contributed by atoms with Crippen LogP contribution in [0.2, 0.25) is 0 Å². The first-order valence-corrected chi connectivity index (χ1v) is 2.10. The van der Waals surface area contributed by atoms with Crippen molar-refractivity contribution >= 4 is 10.4 Å². The molecule has 0 radical (unpaired) electrons. The van der Waals surface area contributed by atoms with Crippen LogP contribution in [-0.2, 0) is 10.4 Å². The molecule has 0 aliphatic rings. The Hall–Kier alpha value is 2.51. The first kappa shape index (κ1) is 16.2. The van der Waals surface area contributed by atoms with Gasteiger partial charge < -0.3 is 2.85 Å². The third-order valence-corrected chi connectivity index (χ3v) is 0. The molecule has 0 aromatic carbocycles. The van der Waals surface area contributed by atoms with E-state index < -0.39 is 10.4 Å². The second-order valence-electron chi connectivity index (χ2n) is 0.448. The van der Waals surface area contributed by atoms with Gasteiger partial charge in [-0.2, -0.15) is 8.42 Å². The van der Waals surface area contributed by atoms with Crippen LogP contribution < -0.4 is 80.9 Å². The zero-order valence-electron chi connectivity index (χ0n) is 6.12. The minimum atomic E-state index is -4.67. The number of rotatable bonds is 0. The molecular weight excluding hydrogens is 158 g/mol. The Balaban J connectivity index is -0.0000000133. The van der Waals surface area contributed by atoms with Gasteiger partial charge in [-0.15, -0.1) is 0 Å². The van der Waals surface area contributed by atoms with Gasteiger partial charge in [-0.1, -0.05) is 0 Å². The third kappa shape index (κ3) is 57.3. The molecule has 0 aromatic heterocycles. The quantitative estimate of drug-likeness (QED) is 0.274. The molecule has 0 fully saturated rings. The topological polar surface area (TPSA) is 74.6 Å². The van der Waals surface area contributed by atoms with Gasteiger partial charge in [0.25, 0.3) is 0 Å². The van der Waals surface area contributed by atoms with Crippen molar-refractivity contribution in [2.75, 3.05) is 0 Å². The molecule has 0 spiro atoms. The van der Waals surface area contributed by atoms with Crippen LogP contribution >= 0.6 is 0 Å². The average Bonchev–Trinajstić information content (AvgIpc) is 0.722. The van der Waals surface area contributed by atoms with Crippen LogP contribution in [-0.4, -0.2) is 17.5 Å². The first-order chi connectivity index (χ1) is 2.00. The Morgan fingerprint density at radius 1 is 1.29 bits per heavy atom. The SMILES string of the molecule is O=S(=O)(O)O.[H-].[H-].[K+].[Na+]. The summed E-state index contributed by atoms with van der Waals surface area (Å²) >= 11 is 0. The van der Waals surface area contributed by atoms with E-state index in [1.807, 2.05) is 0 Å². The van der Waals surface area contributed by atoms with E-state index in [2.05, 4.69) is 0 Å². The van der Waals surface area contributed by atoms with Gasteiger partial charge in [0.2, 0.25) is 0 Å². The smallest absolute Gasteiger partial charge is 1.00 e. The van der Waals surface area contributed by atoms with Gasteiger partial charge in [0, 0.05) is 0 Å². The van der Waals surface area contributed by atoms with Crippen LogP contribution in [0.4, 0.5) is 0 Å². The Labute approximate surface area is 109 Å². The van der Waals surface area contributed by atoms with Crippen LogP contribution in [0.3, 0.4) is 0 Å². The molecule has 7 heteroatoms. The molecular formula is H4KNaO4S. The van der Waals surface area contributed by atoms with E-state index in [1.54, 1.807) is 0 Å². The Morgan fingerprint density at radius 3 is 1.29 bits per heavy atom. The van der Waals surface area contributed by atoms with E-state index in [1.165, 1.54) is 0 Å². The van der Waals surface area contributed by atoms with Gasteiger partial charge in [0.05, 0.1) is 0 Å². The summed E-state index contributed by atoms with van der Waals surface area (Å²) in [5, 5.41) is 0. The number of hydrogen-bond donors (Lipinski definition) is 2. The Kier molecular flexibility index (Phi) is 15.4. The Bertz CT molecular complexity index is 102. The summed E-state index contributed by atoms with van der Waals surface area (Å²) in [6.07, 6.45) is 0. The summed E-state index contributed by atoms with van der Waals surface area (Å²) in [5.41, 5.74) is 0. The van der Waals surface area contributed by atoms with Gasteiger partial charge in [0.15, 0.2) is 0 Å². The second kappa shape index (κ2) is 6.62. The van der Waals surface area contributed by atoms with Crippen molar-refractivity contribution in [1.29, 1.82) is 0 Å². The van der Waals surface area contributed by atoms with E-state index in [0.717, 1.165) is 0 Å². The average molecular weight is 162 g/mol. The van der Waals surface area contributed by atoms with Crippen molar-refractivity contribution in [3.8, 4) is 0 Å². The molecule has 0 unspecified atom stereocenters. The molecule has 7 heavy (non-hydrogen) atoms. The first-order valence-electron chi connectivity index (χ1n) is 0.698. The standard InChI is InChI=1S/K.Na.H2O4S.2H/c;;1-5(2,3)4;;/h;;(H2,1,2,3,4);;/q2*+1;;2*-1. The summed E-state index contributed by atoms with van der Waals surface area (Å²) in [4.78, 5) is 0. The van der Waals surface area contributed by atoms with Crippen LogP contribution in [0, 0.1) is 0 Å². The number of hydrogen-bond acceptors (Lipinski definition) is 2. The fourth-order valence-corrected chi connectivity index (χ4v) is 0. The van der Waals surface area contributed by atoms with Crippen molar-refractivity contribution in [2.45, 2.75) is 0 Å². The largest absolute Gasteiger partial charge is 1.00 e. The van der Waals surface area contributed by atoms with Crippen molar-refractivity contribution in [3.63, 3.8) is 0 Å². The summed E-state index contributed by atoms with van der Waals surface area (Å²) in [5.74, 6) is 0. The summed E-state index contributed by atoms with van der Waals surface area (Å²) < 4.78 is 31.6. The van der Waals surface area contributed by atoms with E-state index in [9.17, 15) is 0 Å². The predicted molar refractivity (Wildman–Crippen MR) is 16.4 cm³/mol. The maximum Gasteiger partial charge on any atom is 1.00 e. The van der Waals surface area contributed by atoms with E-state index in [-0.39, 0.29) is 83.8 Å². The minimum Gasteiger partial charge on any atom is -1.00 e. The zero-order chi connectivity index (χ0) is 4.50. The third-order valence-electron chi connectivity index (χ3n) is 0. The minimum absolute atomic E-state index is 0. The molecule has 0 heterocycles. The molecule has 0 rings (SSSR count). The van der Waals surface area contributed by atoms with Crippen molar-refractivity contribution in [2.24, 2.45) is 0 Å². The maximum absolute atomic E-state index is 8.74. The molecule has 0 aliphatic carbocycles. The van der Waals surface area contributed by atoms with Gasteiger partial charge in [0.1, 0.15) is 0 Å². The van der Waals surface area contributed by atoms with E-state index in [4.69, 9.17) is 17.5 Å². The van der Waals surface area contributed by atoms with Crippen LogP contribution in [0.5, 0.6) is 0 Å². The molecule has 0 aliphatic heterocycles. The van der Waals surface area contributed by atoms with E-state index in [0.29, 0.717) is 0 Å². The fourth-order valence-electron chi connectivity index (χ4n) is 0. The van der Waals surface area contributed by atoms with E-state index >= 15 is 0 Å². The van der Waals surface area contributed by atoms with Gasteiger partial charge in [-0.3, -0.25) is 9.11 Å². The van der Waals surface area contributed by atoms with Crippen molar-refractivity contribution in [3.05, 3.63) is 0 Å². The predicted octanol–water partition coefficient (Wildman–Crippen LogP) is -6.42. The molecule has 0 bridgehead atoms. The monoisotopic (exact) mass is 162 g/mol. The van der Waals surface area contributed by atoms with Crippen molar-refractivity contribution < 1.29 is 101 Å². The molecule has 4 nitrogen and oxygen atoms in total. The molecule has 0 atom stereocenters. The molecule has 0 amide bonds. The molecule has 0 aromatic rings. The van der Waals surface area contributed by atoms with Gasteiger partial charge >= 0.3 is 91.3 Å². The van der Waals surface area contributed by atoms with Crippen LogP contribution in [0.15, 0.2) is 0 Å².